The molecule has 0 aliphatic rings. The number of carbonyl (C=O) groups excluding carboxylic acids is 1. The first-order valence-corrected chi connectivity index (χ1v) is 7.68. The normalized spacial score (nSPS) is 10.6. The molecule has 108 valence electrons. The van der Waals surface area contributed by atoms with E-state index in [-0.39, 0.29) is 12.5 Å². The van der Waals surface area contributed by atoms with Gasteiger partial charge in [0.05, 0.1) is 10.7 Å². The fraction of sp³-hybridized carbons (Fsp3) is 0.0667. The lowest BCUT2D eigenvalue weighted by atomic mass is 10.2. The quantitative estimate of drug-likeness (QED) is 0.601. The number of halogens is 2. The highest BCUT2D eigenvalue weighted by Gasteiger charge is 2.05. The van der Waals surface area contributed by atoms with Crippen molar-refractivity contribution in [3.8, 4) is 5.75 Å². The Morgan fingerprint density at radius 2 is 1.95 bits per heavy atom. The molecule has 1 amide bonds. The molecule has 6 heteroatoms. The summed E-state index contributed by atoms with van der Waals surface area (Å²) in [7, 11) is 0. The molecule has 2 aromatic rings. The van der Waals surface area contributed by atoms with Crippen LogP contribution in [0.15, 0.2) is 62.6 Å². The molecule has 0 unspecified atom stereocenters. The highest BCUT2D eigenvalue weighted by atomic mass is 79.9. The van der Waals surface area contributed by atoms with Gasteiger partial charge in [0.15, 0.2) is 6.61 Å². The second kappa shape index (κ2) is 7.95. The molecule has 0 saturated carbocycles. The van der Waals surface area contributed by atoms with Gasteiger partial charge in [-0.05, 0) is 39.7 Å². The SMILES string of the molecule is O=C(COc1ccc(Br)cc1Br)NN=Cc1ccccc1. The number of benzene rings is 2. The van der Waals surface area contributed by atoms with E-state index in [1.165, 1.54) is 0 Å². The van der Waals surface area contributed by atoms with Crippen LogP contribution in [0.2, 0.25) is 0 Å². The Labute approximate surface area is 139 Å². The third-order valence-electron chi connectivity index (χ3n) is 2.46. The van der Waals surface area contributed by atoms with Crippen LogP contribution in [-0.2, 0) is 4.79 Å². The van der Waals surface area contributed by atoms with Crippen molar-refractivity contribution in [2.24, 2.45) is 5.10 Å². The van der Waals surface area contributed by atoms with E-state index >= 15 is 0 Å². The van der Waals surface area contributed by atoms with E-state index in [0.29, 0.717) is 5.75 Å². The van der Waals surface area contributed by atoms with Crippen molar-refractivity contribution < 1.29 is 9.53 Å². The zero-order valence-electron chi connectivity index (χ0n) is 10.9. The summed E-state index contributed by atoms with van der Waals surface area (Å²) >= 11 is 6.71. The molecule has 0 atom stereocenters. The lowest BCUT2D eigenvalue weighted by molar-refractivity contribution is -0.123. The summed E-state index contributed by atoms with van der Waals surface area (Å²) in [4.78, 5) is 11.6. The molecule has 0 fully saturated rings. The zero-order chi connectivity index (χ0) is 15.1. The van der Waals surface area contributed by atoms with Crippen LogP contribution in [0.4, 0.5) is 0 Å². The Balaban J connectivity index is 1.81. The smallest absolute Gasteiger partial charge is 0.277 e. The maximum atomic E-state index is 11.6. The van der Waals surface area contributed by atoms with Gasteiger partial charge in [0, 0.05) is 4.47 Å². The standard InChI is InChI=1S/C15H12Br2N2O2/c16-12-6-7-14(13(17)8-12)21-10-15(20)19-18-9-11-4-2-1-3-5-11/h1-9H,10H2,(H,19,20). The maximum Gasteiger partial charge on any atom is 0.277 e. The summed E-state index contributed by atoms with van der Waals surface area (Å²) < 4.78 is 7.11. The fourth-order valence-electron chi connectivity index (χ4n) is 1.49. The second-order valence-corrected chi connectivity index (χ2v) is 5.84. The number of hydrazone groups is 1. The van der Waals surface area contributed by atoms with Gasteiger partial charge >= 0.3 is 0 Å². The van der Waals surface area contributed by atoms with E-state index in [1.54, 1.807) is 12.3 Å². The number of rotatable bonds is 5. The fourth-order valence-corrected chi connectivity index (χ4v) is 2.65. The molecule has 0 radical (unpaired) electrons. The van der Waals surface area contributed by atoms with E-state index < -0.39 is 0 Å². The lowest BCUT2D eigenvalue weighted by Crippen LogP contribution is -2.24. The van der Waals surface area contributed by atoms with Gasteiger partial charge in [0.2, 0.25) is 0 Å². The van der Waals surface area contributed by atoms with E-state index in [2.05, 4.69) is 42.4 Å². The van der Waals surface area contributed by atoms with Crippen molar-refractivity contribution in [1.82, 2.24) is 5.43 Å². The number of hydrogen-bond donors (Lipinski definition) is 1. The van der Waals surface area contributed by atoms with Gasteiger partial charge in [-0.1, -0.05) is 46.3 Å². The van der Waals surface area contributed by atoms with Crippen LogP contribution in [0, 0.1) is 0 Å². The van der Waals surface area contributed by atoms with E-state index in [0.717, 1.165) is 14.5 Å². The Bertz CT molecular complexity index is 645. The maximum absolute atomic E-state index is 11.6. The highest BCUT2D eigenvalue weighted by molar-refractivity contribution is 9.11. The van der Waals surface area contributed by atoms with E-state index in [9.17, 15) is 4.79 Å². The first-order chi connectivity index (χ1) is 10.1. The van der Waals surface area contributed by atoms with Crippen molar-refractivity contribution in [2.45, 2.75) is 0 Å². The number of nitrogens with zero attached hydrogens (tertiary/aromatic N) is 1. The Hall–Kier alpha value is -1.66. The number of nitrogens with one attached hydrogen (secondary N) is 1. The topological polar surface area (TPSA) is 50.7 Å². The first-order valence-electron chi connectivity index (χ1n) is 6.10. The molecule has 4 nitrogen and oxygen atoms in total. The molecule has 0 aromatic heterocycles. The van der Waals surface area contributed by atoms with Crippen LogP contribution in [0.3, 0.4) is 0 Å². The first kappa shape index (κ1) is 15.7. The van der Waals surface area contributed by atoms with E-state index in [1.807, 2.05) is 42.5 Å². The molecule has 2 aromatic carbocycles. The van der Waals surface area contributed by atoms with Gasteiger partial charge in [-0.2, -0.15) is 5.10 Å². The summed E-state index contributed by atoms with van der Waals surface area (Å²) in [6.07, 6.45) is 1.58. The third kappa shape index (κ3) is 5.32. The molecule has 21 heavy (non-hydrogen) atoms. The molecule has 0 bridgehead atoms. The van der Waals surface area contributed by atoms with Crippen LogP contribution in [0.25, 0.3) is 0 Å². The minimum absolute atomic E-state index is 0.105. The number of carbonyl (C=O) groups is 1. The highest BCUT2D eigenvalue weighted by Crippen LogP contribution is 2.27. The molecule has 0 heterocycles. The summed E-state index contributed by atoms with van der Waals surface area (Å²) in [5.74, 6) is 0.275. The average Bonchev–Trinajstić information content (AvgIpc) is 2.47. The van der Waals surface area contributed by atoms with Crippen LogP contribution in [0.1, 0.15) is 5.56 Å². The number of ether oxygens (including phenoxy) is 1. The van der Waals surface area contributed by atoms with Crippen molar-refractivity contribution in [2.75, 3.05) is 6.61 Å². The van der Waals surface area contributed by atoms with Gasteiger partial charge in [-0.25, -0.2) is 5.43 Å². The predicted molar refractivity (Wildman–Crippen MR) is 89.5 cm³/mol. The molecule has 1 N–H and O–H groups in total. The molecule has 0 spiro atoms. The predicted octanol–water partition coefficient (Wildman–Crippen LogP) is 3.74. The van der Waals surface area contributed by atoms with E-state index in [4.69, 9.17) is 4.74 Å². The van der Waals surface area contributed by atoms with Crippen LogP contribution >= 0.6 is 31.9 Å². The summed E-state index contributed by atoms with van der Waals surface area (Å²) in [6.45, 7) is -0.105. The Morgan fingerprint density at radius 1 is 1.19 bits per heavy atom. The van der Waals surface area contributed by atoms with Crippen molar-refractivity contribution in [3.05, 3.63) is 63.0 Å². The van der Waals surface area contributed by atoms with Crippen LogP contribution < -0.4 is 10.2 Å². The minimum atomic E-state index is -0.322. The number of amides is 1. The summed E-state index contributed by atoms with van der Waals surface area (Å²) in [6, 6.07) is 15.0. The third-order valence-corrected chi connectivity index (χ3v) is 3.57. The van der Waals surface area contributed by atoms with Gasteiger partial charge < -0.3 is 4.74 Å². The largest absolute Gasteiger partial charge is 0.483 e. The monoisotopic (exact) mass is 410 g/mol. The molecule has 0 aliphatic heterocycles. The molecular formula is C15H12Br2N2O2. The molecular weight excluding hydrogens is 400 g/mol. The van der Waals surface area contributed by atoms with Crippen molar-refractivity contribution >= 4 is 44.0 Å². The second-order valence-electron chi connectivity index (χ2n) is 4.07. The lowest BCUT2D eigenvalue weighted by Gasteiger charge is -2.07. The van der Waals surface area contributed by atoms with Crippen LogP contribution in [0.5, 0.6) is 5.75 Å². The Kier molecular flexibility index (Phi) is 5.95. The number of hydrogen-bond acceptors (Lipinski definition) is 3. The van der Waals surface area contributed by atoms with Gasteiger partial charge in [-0.15, -0.1) is 0 Å². The average molecular weight is 412 g/mol. The van der Waals surface area contributed by atoms with Crippen LogP contribution in [-0.4, -0.2) is 18.7 Å². The van der Waals surface area contributed by atoms with Crippen molar-refractivity contribution in [1.29, 1.82) is 0 Å². The van der Waals surface area contributed by atoms with Gasteiger partial charge in [-0.3, -0.25) is 4.79 Å². The molecule has 0 aliphatic carbocycles. The molecule has 2 rings (SSSR count). The molecule has 0 saturated heterocycles. The summed E-state index contributed by atoms with van der Waals surface area (Å²) in [5, 5.41) is 3.87. The Morgan fingerprint density at radius 3 is 2.67 bits per heavy atom. The van der Waals surface area contributed by atoms with Crippen molar-refractivity contribution in [3.63, 3.8) is 0 Å². The van der Waals surface area contributed by atoms with Gasteiger partial charge in [0.1, 0.15) is 5.75 Å². The van der Waals surface area contributed by atoms with Gasteiger partial charge in [0.25, 0.3) is 5.91 Å². The minimum Gasteiger partial charge on any atom is -0.483 e. The zero-order valence-corrected chi connectivity index (χ0v) is 14.1. The summed E-state index contributed by atoms with van der Waals surface area (Å²) in [5.41, 5.74) is 3.32.